The van der Waals surface area contributed by atoms with Crippen LogP contribution in [-0.2, 0) is 0 Å². The van der Waals surface area contributed by atoms with E-state index in [-0.39, 0.29) is 40.3 Å². The minimum Gasteiger partial charge on any atom is -0.170 e. The maximum atomic E-state index is 14.5. The lowest BCUT2D eigenvalue weighted by atomic mass is 9.88. The Bertz CT molecular complexity index is 1590. The Morgan fingerprint density at radius 1 is 0.463 bits per heavy atom. The summed E-state index contributed by atoms with van der Waals surface area (Å²) in [5, 5.41) is 0. The topological polar surface area (TPSA) is 0 Å². The van der Waals surface area contributed by atoms with Crippen LogP contribution >= 0.6 is 80.4 Å². The average molecular weight is 965 g/mol. The van der Waals surface area contributed by atoms with Gasteiger partial charge in [-0.1, -0.05) is 68.6 Å². The van der Waals surface area contributed by atoms with Crippen LogP contribution in [0, 0.1) is 11.8 Å². The van der Waals surface area contributed by atoms with Crippen LogP contribution in [-0.4, -0.2) is 61.6 Å². The highest BCUT2D eigenvalue weighted by Crippen LogP contribution is 2.84. The zero-order chi connectivity index (χ0) is 42.2. The SMILES string of the molecule is CC1(/C(=C2/SSC3(C)SC(=C(C(F)(F)F)C(F)(F)F)C23)C2(C(C(F)(F)F)C(F)(F)F)SC(=C(C(F)(F)F)C(F)(F)F)S2)SC(=C(C(F)(F)F)C(F)(F)F)S1. The molecule has 4 rings (SSSR count). The molecule has 310 valence electrons. The lowest BCUT2D eigenvalue weighted by molar-refractivity contribution is -0.284. The molecular weight excluding hydrogens is 957 g/mol. The van der Waals surface area contributed by atoms with Gasteiger partial charge in [0.15, 0.2) is 17.1 Å². The average Bonchev–Trinajstić information content (AvgIpc) is 3.03. The molecule has 0 N–H and O–H groups in total. The molecule has 0 aliphatic carbocycles. The largest absolute Gasteiger partial charge is 0.422 e. The third-order valence-corrected chi connectivity index (χ3v) is 18.6. The summed E-state index contributed by atoms with van der Waals surface area (Å²) in [6.07, 6.45) is -52.4. The third-order valence-electron chi connectivity index (χ3n) is 7.16. The molecule has 0 nitrogen and oxygen atoms in total. The standard InChI is InChI=1S/C23H8F24S7/c1-13-3(4(48-13)7(16(24,25)26)17(27,28)29)5(53-54-13)6(14(2)49-10(50-14)8(18(30,31)32)19(33,34)35)15(12(22(42,43)44)23(45,46)47)51-11(52-15)9(20(36,37)38)21(39,40)41/h3,12H,1-2H3/b6-5-. The summed E-state index contributed by atoms with van der Waals surface area (Å²) in [4.78, 5) is -3.31. The van der Waals surface area contributed by atoms with Gasteiger partial charge in [0.05, 0.1) is 16.6 Å². The summed E-state index contributed by atoms with van der Waals surface area (Å²) in [7, 11) is -0.0577. The third kappa shape index (κ3) is 8.29. The van der Waals surface area contributed by atoms with E-state index in [2.05, 4.69) is 0 Å². The summed E-state index contributed by atoms with van der Waals surface area (Å²) in [5.74, 6) is -7.83. The van der Waals surface area contributed by atoms with Crippen molar-refractivity contribution >= 4 is 80.4 Å². The highest BCUT2D eigenvalue weighted by molar-refractivity contribution is 8.81. The number of alkyl halides is 24. The van der Waals surface area contributed by atoms with Crippen LogP contribution in [0.2, 0.25) is 0 Å². The van der Waals surface area contributed by atoms with E-state index < -0.39 is 161 Å². The zero-order valence-corrected chi connectivity index (χ0v) is 30.3. The molecule has 4 saturated heterocycles. The van der Waals surface area contributed by atoms with Gasteiger partial charge < -0.3 is 0 Å². The van der Waals surface area contributed by atoms with Crippen LogP contribution in [0.1, 0.15) is 13.8 Å². The van der Waals surface area contributed by atoms with Crippen molar-refractivity contribution in [2.75, 3.05) is 0 Å². The maximum absolute atomic E-state index is 14.5. The molecule has 2 atom stereocenters. The lowest BCUT2D eigenvalue weighted by Gasteiger charge is -2.57. The summed E-state index contributed by atoms with van der Waals surface area (Å²) < 4.78 is 319. The van der Waals surface area contributed by atoms with Gasteiger partial charge in [0, 0.05) is 15.7 Å². The van der Waals surface area contributed by atoms with E-state index in [9.17, 15) is 105 Å². The number of rotatable bonds is 3. The zero-order valence-electron chi connectivity index (χ0n) is 24.6. The van der Waals surface area contributed by atoms with Crippen molar-refractivity contribution in [3.8, 4) is 0 Å². The maximum Gasteiger partial charge on any atom is 0.422 e. The number of hydrogen-bond acceptors (Lipinski definition) is 7. The first kappa shape index (κ1) is 46.4. The van der Waals surface area contributed by atoms with E-state index in [0.29, 0.717) is 0 Å². The molecule has 0 bridgehead atoms. The van der Waals surface area contributed by atoms with Crippen molar-refractivity contribution in [3.63, 3.8) is 0 Å². The molecule has 4 aliphatic rings. The first-order chi connectivity index (χ1) is 23.5. The number of fused-ring (bicyclic) bond motifs is 1. The highest BCUT2D eigenvalue weighted by Gasteiger charge is 2.77. The molecule has 0 saturated carbocycles. The van der Waals surface area contributed by atoms with Crippen LogP contribution in [0.5, 0.6) is 0 Å². The van der Waals surface area contributed by atoms with E-state index in [1.807, 2.05) is 0 Å². The molecule has 54 heavy (non-hydrogen) atoms. The Kier molecular flexibility index (Phi) is 11.5. The second-order valence-electron chi connectivity index (χ2n) is 11.0. The Balaban J connectivity index is 2.21. The number of hydrogen-bond donors (Lipinski definition) is 0. The van der Waals surface area contributed by atoms with E-state index in [4.69, 9.17) is 0 Å². The van der Waals surface area contributed by atoms with Gasteiger partial charge in [-0.05, 0) is 19.4 Å². The molecule has 0 amide bonds. The second kappa shape index (κ2) is 13.4. The molecule has 4 aliphatic heterocycles. The van der Waals surface area contributed by atoms with Gasteiger partial charge in [-0.25, -0.2) is 0 Å². The summed E-state index contributed by atoms with van der Waals surface area (Å²) in [6, 6.07) is 0. The van der Waals surface area contributed by atoms with Crippen LogP contribution in [0.3, 0.4) is 0 Å². The molecule has 2 unspecified atom stereocenters. The fourth-order valence-electron chi connectivity index (χ4n) is 5.36. The molecule has 4 fully saturated rings. The number of thioether (sulfide) groups is 5. The first-order valence-electron chi connectivity index (χ1n) is 12.9. The van der Waals surface area contributed by atoms with Crippen LogP contribution < -0.4 is 0 Å². The second-order valence-corrected chi connectivity index (χ2v) is 21.8. The summed E-state index contributed by atoms with van der Waals surface area (Å²) in [5.41, 5.74) is -12.4. The molecule has 4 heterocycles. The van der Waals surface area contributed by atoms with Crippen molar-refractivity contribution in [3.05, 3.63) is 40.6 Å². The van der Waals surface area contributed by atoms with Gasteiger partial charge in [0.1, 0.15) is 9.65 Å². The van der Waals surface area contributed by atoms with E-state index in [0.717, 1.165) is 6.92 Å². The fourth-order valence-corrected chi connectivity index (χ4v) is 18.9. The predicted octanol–water partition coefficient (Wildman–Crippen LogP) is 14.9. The lowest BCUT2D eigenvalue weighted by Crippen LogP contribution is -2.58. The summed E-state index contributed by atoms with van der Waals surface area (Å²) >= 11 is -4.97. The number of allylic oxidation sites excluding steroid dienone is 5. The van der Waals surface area contributed by atoms with E-state index in [1.54, 1.807) is 0 Å². The normalized spacial score (nSPS) is 29.8. The van der Waals surface area contributed by atoms with Crippen LogP contribution in [0.25, 0.3) is 0 Å². The quantitative estimate of drug-likeness (QED) is 0.202. The number of halogens is 24. The van der Waals surface area contributed by atoms with E-state index in [1.165, 1.54) is 0 Å². The minimum atomic E-state index is -6.82. The van der Waals surface area contributed by atoms with Gasteiger partial charge in [-0.15, -0.1) is 11.8 Å². The molecular formula is C23H8F24S7. The van der Waals surface area contributed by atoms with Crippen molar-refractivity contribution in [1.29, 1.82) is 0 Å². The minimum absolute atomic E-state index is 0.142. The predicted molar refractivity (Wildman–Crippen MR) is 156 cm³/mol. The van der Waals surface area contributed by atoms with Gasteiger partial charge in [-0.3, -0.25) is 0 Å². The molecule has 0 aromatic rings. The monoisotopic (exact) mass is 964 g/mol. The van der Waals surface area contributed by atoms with Crippen LogP contribution in [0.4, 0.5) is 105 Å². The van der Waals surface area contributed by atoms with Crippen LogP contribution in [0.15, 0.2) is 40.6 Å². The molecule has 0 spiro atoms. The van der Waals surface area contributed by atoms with Gasteiger partial charge in [0.2, 0.25) is 0 Å². The van der Waals surface area contributed by atoms with Gasteiger partial charge in [-0.2, -0.15) is 105 Å². The van der Waals surface area contributed by atoms with Crippen molar-refractivity contribution in [2.45, 2.75) is 75.5 Å². The Hall–Kier alpha value is -0.270. The van der Waals surface area contributed by atoms with Crippen molar-refractivity contribution in [2.24, 2.45) is 11.8 Å². The first-order valence-corrected chi connectivity index (χ1v) is 19.1. The fraction of sp³-hybridized carbons (Fsp3) is 0.652. The molecule has 0 aromatic carbocycles. The Labute approximate surface area is 312 Å². The van der Waals surface area contributed by atoms with Crippen molar-refractivity contribution in [1.82, 2.24) is 0 Å². The molecule has 0 aromatic heterocycles. The smallest absolute Gasteiger partial charge is 0.170 e. The molecule has 31 heteroatoms. The Morgan fingerprint density at radius 3 is 1.11 bits per heavy atom. The highest BCUT2D eigenvalue weighted by atomic mass is 33.1. The summed E-state index contributed by atoms with van der Waals surface area (Å²) in [6.45, 7) is 1.06. The van der Waals surface area contributed by atoms with Gasteiger partial charge >= 0.3 is 49.4 Å². The van der Waals surface area contributed by atoms with E-state index >= 15 is 0 Å². The van der Waals surface area contributed by atoms with Crippen molar-refractivity contribution < 1.29 is 105 Å². The Morgan fingerprint density at radius 2 is 0.796 bits per heavy atom. The molecule has 0 radical (unpaired) electrons. The van der Waals surface area contributed by atoms with Gasteiger partial charge in [0.25, 0.3) is 0 Å².